The first-order valence-corrected chi connectivity index (χ1v) is 11.9. The number of carbonyl (C=O) groups is 2. The molecule has 33 heavy (non-hydrogen) atoms. The van der Waals surface area contributed by atoms with Gasteiger partial charge >= 0.3 is 0 Å². The normalized spacial score (nSPS) is 31.4. The van der Waals surface area contributed by atoms with Crippen LogP contribution < -0.4 is 16.4 Å². The fourth-order valence-corrected chi connectivity index (χ4v) is 5.66. The summed E-state index contributed by atoms with van der Waals surface area (Å²) in [5, 5.41) is 5.79. The van der Waals surface area contributed by atoms with Crippen molar-refractivity contribution in [2.45, 2.75) is 63.1 Å². The molecule has 0 spiro atoms. The standard InChI is InChI=1S/C26H34FN3O3/c1-17-21(18-8-4-3-5-9-18)19-14-25(24(28)32,15-20(22(19)33-17)23(31)29-2)10-6-11-26(27)12-7-13-30-16-26/h3-5,8-9,15,17,21,30H,6-7,10-14,16H2,1-2H3,(H2,28,32)(H,29,31). The highest BCUT2D eigenvalue weighted by molar-refractivity contribution is 6.00. The Kier molecular flexibility index (Phi) is 6.61. The SMILES string of the molecule is CNC(=O)C1=CC(CCCC2(F)CCCNC2)(C(N)=O)CC2=C1OC(C)C2c1ccccc1. The molecule has 1 aliphatic carbocycles. The second-order valence-corrected chi connectivity index (χ2v) is 9.68. The molecule has 6 nitrogen and oxygen atoms in total. The summed E-state index contributed by atoms with van der Waals surface area (Å²) < 4.78 is 21.4. The van der Waals surface area contributed by atoms with E-state index >= 15 is 4.39 Å². The molecule has 0 saturated carbocycles. The monoisotopic (exact) mass is 455 g/mol. The first-order valence-electron chi connectivity index (χ1n) is 11.9. The van der Waals surface area contributed by atoms with Gasteiger partial charge in [-0.2, -0.15) is 0 Å². The van der Waals surface area contributed by atoms with Crippen LogP contribution in [0.15, 0.2) is 53.3 Å². The highest BCUT2D eigenvalue weighted by atomic mass is 19.1. The Labute approximate surface area is 194 Å². The van der Waals surface area contributed by atoms with Crippen LogP contribution in [0.3, 0.4) is 0 Å². The van der Waals surface area contributed by atoms with E-state index in [1.54, 1.807) is 13.1 Å². The van der Waals surface area contributed by atoms with Crippen LogP contribution in [0.4, 0.5) is 4.39 Å². The molecule has 4 atom stereocenters. The molecule has 0 bridgehead atoms. The van der Waals surface area contributed by atoms with Gasteiger partial charge in [0.25, 0.3) is 5.91 Å². The number of ether oxygens (including phenoxy) is 1. The van der Waals surface area contributed by atoms with Gasteiger partial charge in [0.2, 0.25) is 5.91 Å². The number of nitrogens with two attached hydrogens (primary N) is 1. The fourth-order valence-electron chi connectivity index (χ4n) is 5.66. The zero-order chi connectivity index (χ0) is 23.6. The van der Waals surface area contributed by atoms with Crippen molar-refractivity contribution in [2.24, 2.45) is 11.1 Å². The lowest BCUT2D eigenvalue weighted by Gasteiger charge is -2.35. The smallest absolute Gasteiger partial charge is 0.254 e. The van der Waals surface area contributed by atoms with Gasteiger partial charge < -0.3 is 21.1 Å². The summed E-state index contributed by atoms with van der Waals surface area (Å²) in [6.07, 6.45) is 4.46. The van der Waals surface area contributed by atoms with Crippen LogP contribution >= 0.6 is 0 Å². The first kappa shape index (κ1) is 23.5. The molecule has 4 unspecified atom stereocenters. The third kappa shape index (κ3) is 4.56. The van der Waals surface area contributed by atoms with Gasteiger partial charge in [0.15, 0.2) is 0 Å². The third-order valence-corrected chi connectivity index (χ3v) is 7.40. The second kappa shape index (κ2) is 9.29. The van der Waals surface area contributed by atoms with Crippen LogP contribution in [0.25, 0.3) is 0 Å². The summed E-state index contributed by atoms with van der Waals surface area (Å²) in [7, 11) is 1.56. The van der Waals surface area contributed by atoms with Crippen LogP contribution in [0.1, 0.15) is 56.9 Å². The highest BCUT2D eigenvalue weighted by Gasteiger charge is 2.48. The summed E-state index contributed by atoms with van der Waals surface area (Å²) >= 11 is 0. The molecule has 2 aliphatic heterocycles. The Hall–Kier alpha value is -2.67. The van der Waals surface area contributed by atoms with Crippen LogP contribution in [0, 0.1) is 5.41 Å². The molecule has 1 aromatic carbocycles. The molecular weight excluding hydrogens is 421 g/mol. The maximum atomic E-state index is 15.2. The van der Waals surface area contributed by atoms with Gasteiger partial charge in [-0.1, -0.05) is 36.4 Å². The van der Waals surface area contributed by atoms with Crippen molar-refractivity contribution >= 4 is 11.8 Å². The number of hydrogen-bond donors (Lipinski definition) is 3. The van der Waals surface area contributed by atoms with Crippen molar-refractivity contribution in [1.29, 1.82) is 0 Å². The molecule has 0 radical (unpaired) electrons. The molecular formula is C26H34FN3O3. The minimum Gasteiger partial charge on any atom is -0.489 e. The first-order chi connectivity index (χ1) is 15.8. The third-order valence-electron chi connectivity index (χ3n) is 7.40. The number of piperidine rings is 1. The van der Waals surface area contributed by atoms with Gasteiger partial charge in [0, 0.05) is 19.5 Å². The van der Waals surface area contributed by atoms with E-state index in [1.807, 2.05) is 37.3 Å². The van der Waals surface area contributed by atoms with E-state index in [0.717, 1.165) is 24.1 Å². The van der Waals surface area contributed by atoms with Gasteiger partial charge in [-0.15, -0.1) is 0 Å². The molecule has 1 fully saturated rings. The number of halogens is 1. The lowest BCUT2D eigenvalue weighted by Crippen LogP contribution is -2.43. The van der Waals surface area contributed by atoms with E-state index < -0.39 is 17.0 Å². The van der Waals surface area contributed by atoms with Crippen LogP contribution in [0.5, 0.6) is 0 Å². The van der Waals surface area contributed by atoms with Gasteiger partial charge in [-0.05, 0) is 63.1 Å². The van der Waals surface area contributed by atoms with Crippen LogP contribution in [0.2, 0.25) is 0 Å². The van der Waals surface area contributed by atoms with Crippen molar-refractivity contribution in [3.8, 4) is 0 Å². The summed E-state index contributed by atoms with van der Waals surface area (Å²) in [5.74, 6) is -0.335. The highest BCUT2D eigenvalue weighted by Crippen LogP contribution is 2.52. The van der Waals surface area contributed by atoms with Gasteiger partial charge in [-0.3, -0.25) is 9.59 Å². The molecule has 2 heterocycles. The number of rotatable bonds is 7. The van der Waals surface area contributed by atoms with E-state index in [1.165, 1.54) is 0 Å². The largest absolute Gasteiger partial charge is 0.489 e. The summed E-state index contributed by atoms with van der Waals surface area (Å²) in [6, 6.07) is 9.97. The van der Waals surface area contributed by atoms with Crippen molar-refractivity contribution in [3.63, 3.8) is 0 Å². The summed E-state index contributed by atoms with van der Waals surface area (Å²) in [6.45, 7) is 3.16. The quantitative estimate of drug-likeness (QED) is 0.588. The van der Waals surface area contributed by atoms with Crippen molar-refractivity contribution in [1.82, 2.24) is 10.6 Å². The van der Waals surface area contributed by atoms with Gasteiger partial charge in [-0.25, -0.2) is 4.39 Å². The number of benzene rings is 1. The molecule has 4 N–H and O–H groups in total. The Morgan fingerprint density at radius 3 is 2.67 bits per heavy atom. The lowest BCUT2D eigenvalue weighted by molar-refractivity contribution is -0.125. The van der Waals surface area contributed by atoms with E-state index in [9.17, 15) is 9.59 Å². The maximum Gasteiger partial charge on any atom is 0.254 e. The van der Waals surface area contributed by atoms with E-state index in [0.29, 0.717) is 50.0 Å². The molecule has 7 heteroatoms. The maximum absolute atomic E-state index is 15.2. The zero-order valence-corrected chi connectivity index (χ0v) is 19.5. The molecule has 178 valence electrons. The van der Waals surface area contributed by atoms with Crippen LogP contribution in [-0.4, -0.2) is 43.7 Å². The molecule has 0 aromatic heterocycles. The van der Waals surface area contributed by atoms with E-state index in [-0.39, 0.29) is 17.9 Å². The van der Waals surface area contributed by atoms with Gasteiger partial charge in [0.05, 0.1) is 11.0 Å². The predicted octanol–water partition coefficient (Wildman–Crippen LogP) is 3.25. The number of amides is 2. The summed E-state index contributed by atoms with van der Waals surface area (Å²) in [5.41, 5.74) is 5.99. The topological polar surface area (TPSA) is 93.5 Å². The second-order valence-electron chi connectivity index (χ2n) is 9.68. The Bertz CT molecular complexity index is 968. The minimum absolute atomic E-state index is 0.0802. The van der Waals surface area contributed by atoms with E-state index in [4.69, 9.17) is 10.5 Å². The van der Waals surface area contributed by atoms with Crippen LogP contribution in [-0.2, 0) is 14.3 Å². The average Bonchev–Trinajstić information content (AvgIpc) is 3.14. The number of primary amides is 1. The van der Waals surface area contributed by atoms with Gasteiger partial charge in [0.1, 0.15) is 17.5 Å². The predicted molar refractivity (Wildman–Crippen MR) is 125 cm³/mol. The lowest BCUT2D eigenvalue weighted by atomic mass is 9.68. The number of likely N-dealkylation sites (N-methyl/N-ethyl adjacent to an activating group) is 1. The zero-order valence-electron chi connectivity index (χ0n) is 19.5. The molecule has 1 saturated heterocycles. The number of carbonyl (C=O) groups excluding carboxylic acids is 2. The Morgan fingerprint density at radius 2 is 2.03 bits per heavy atom. The number of alkyl halides is 1. The summed E-state index contributed by atoms with van der Waals surface area (Å²) in [4.78, 5) is 25.7. The van der Waals surface area contributed by atoms with Crippen molar-refractivity contribution < 1.29 is 18.7 Å². The Balaban J connectivity index is 1.66. The molecule has 2 amide bonds. The number of hydrogen-bond acceptors (Lipinski definition) is 4. The fraction of sp³-hybridized carbons (Fsp3) is 0.538. The molecule has 3 aliphatic rings. The molecule has 1 aromatic rings. The van der Waals surface area contributed by atoms with Crippen molar-refractivity contribution in [3.05, 3.63) is 58.9 Å². The minimum atomic E-state index is -1.26. The average molecular weight is 456 g/mol. The Morgan fingerprint density at radius 1 is 1.27 bits per heavy atom. The van der Waals surface area contributed by atoms with Crippen molar-refractivity contribution in [2.75, 3.05) is 20.1 Å². The molecule has 4 rings (SSSR count). The number of nitrogens with one attached hydrogen (secondary N) is 2. The van der Waals surface area contributed by atoms with E-state index in [2.05, 4.69) is 10.6 Å².